The standard InChI is InChI=1S/C25H28N2O7/c1-26(2)9-10-27-21(14-11-18(31-4)23(33-6)19(12-14)32-5)20-22(28)16-8-7-15(30-3)13-17(16)34-24(20)25(27)29/h7-8,11-13,21H,9-10H2,1-6H3/t21-/m1/s1. The maximum atomic E-state index is 13.7. The molecule has 0 radical (unpaired) electrons. The van der Waals surface area contributed by atoms with E-state index >= 15 is 0 Å². The van der Waals surface area contributed by atoms with Crippen LogP contribution in [0.4, 0.5) is 0 Å². The van der Waals surface area contributed by atoms with Crippen molar-refractivity contribution in [3.05, 3.63) is 57.4 Å². The van der Waals surface area contributed by atoms with E-state index in [1.807, 2.05) is 19.0 Å². The Morgan fingerprint density at radius 2 is 1.62 bits per heavy atom. The molecule has 1 aromatic heterocycles. The van der Waals surface area contributed by atoms with Gasteiger partial charge in [0.15, 0.2) is 16.9 Å². The van der Waals surface area contributed by atoms with E-state index in [1.165, 1.54) is 28.4 Å². The van der Waals surface area contributed by atoms with Crippen molar-refractivity contribution in [1.82, 2.24) is 9.80 Å². The van der Waals surface area contributed by atoms with E-state index < -0.39 is 6.04 Å². The third-order valence-corrected chi connectivity index (χ3v) is 5.97. The zero-order chi connectivity index (χ0) is 24.6. The van der Waals surface area contributed by atoms with Gasteiger partial charge in [0.2, 0.25) is 11.5 Å². The Labute approximate surface area is 197 Å². The molecule has 0 aliphatic carbocycles. The molecule has 0 fully saturated rings. The third kappa shape index (κ3) is 3.81. The summed E-state index contributed by atoms with van der Waals surface area (Å²) in [7, 11) is 9.94. The number of likely N-dealkylation sites (N-methyl/N-ethyl adjacent to an activating group) is 1. The second-order valence-corrected chi connectivity index (χ2v) is 8.20. The molecule has 34 heavy (non-hydrogen) atoms. The Hall–Kier alpha value is -3.72. The Bertz CT molecular complexity index is 1270. The first-order chi connectivity index (χ1) is 16.3. The van der Waals surface area contributed by atoms with Crippen molar-refractivity contribution in [3.8, 4) is 23.0 Å². The van der Waals surface area contributed by atoms with E-state index in [-0.39, 0.29) is 22.7 Å². The highest BCUT2D eigenvalue weighted by atomic mass is 16.5. The fourth-order valence-electron chi connectivity index (χ4n) is 4.27. The van der Waals surface area contributed by atoms with Crippen molar-refractivity contribution in [1.29, 1.82) is 0 Å². The summed E-state index contributed by atoms with van der Waals surface area (Å²) in [5.41, 5.74) is 0.976. The normalized spacial score (nSPS) is 15.1. The van der Waals surface area contributed by atoms with Gasteiger partial charge in [0.1, 0.15) is 11.3 Å². The first kappa shape index (κ1) is 23.4. The van der Waals surface area contributed by atoms with E-state index in [2.05, 4.69) is 0 Å². The van der Waals surface area contributed by atoms with Crippen LogP contribution < -0.4 is 24.4 Å². The number of ether oxygens (including phenoxy) is 4. The Morgan fingerprint density at radius 3 is 2.18 bits per heavy atom. The van der Waals surface area contributed by atoms with Crippen molar-refractivity contribution in [2.45, 2.75) is 6.04 Å². The van der Waals surface area contributed by atoms with Crippen molar-refractivity contribution in [2.24, 2.45) is 0 Å². The highest BCUT2D eigenvalue weighted by Crippen LogP contribution is 2.45. The van der Waals surface area contributed by atoms with Crippen LogP contribution in [0.15, 0.2) is 39.5 Å². The number of carbonyl (C=O) groups is 1. The number of fused-ring (bicyclic) bond motifs is 2. The van der Waals surface area contributed by atoms with Gasteiger partial charge in [-0.3, -0.25) is 9.59 Å². The van der Waals surface area contributed by atoms with Crippen LogP contribution in [0.2, 0.25) is 0 Å². The monoisotopic (exact) mass is 468 g/mol. The molecule has 0 saturated heterocycles. The molecule has 9 nitrogen and oxygen atoms in total. The number of amides is 1. The Balaban J connectivity index is 1.98. The number of hydrogen-bond acceptors (Lipinski definition) is 8. The van der Waals surface area contributed by atoms with Gasteiger partial charge in [-0.15, -0.1) is 0 Å². The molecular formula is C25H28N2O7. The van der Waals surface area contributed by atoms with Gasteiger partial charge in [-0.25, -0.2) is 0 Å². The second kappa shape index (κ2) is 9.26. The summed E-state index contributed by atoms with van der Waals surface area (Å²) in [6.45, 7) is 0.985. The van der Waals surface area contributed by atoms with E-state index in [0.717, 1.165) is 0 Å². The average molecular weight is 469 g/mol. The first-order valence-corrected chi connectivity index (χ1v) is 10.7. The molecule has 0 bridgehead atoms. The molecule has 0 spiro atoms. The summed E-state index contributed by atoms with van der Waals surface area (Å²) < 4.78 is 27.8. The lowest BCUT2D eigenvalue weighted by Gasteiger charge is -2.27. The van der Waals surface area contributed by atoms with Crippen molar-refractivity contribution >= 4 is 16.9 Å². The molecule has 1 atom stereocenters. The number of nitrogens with zero attached hydrogens (tertiary/aromatic N) is 2. The fourth-order valence-corrected chi connectivity index (χ4v) is 4.27. The molecule has 180 valence electrons. The van der Waals surface area contributed by atoms with Gasteiger partial charge in [0.25, 0.3) is 5.91 Å². The molecule has 2 aromatic carbocycles. The number of hydrogen-bond donors (Lipinski definition) is 0. The highest BCUT2D eigenvalue weighted by molar-refractivity contribution is 5.99. The average Bonchev–Trinajstić information content (AvgIpc) is 3.12. The minimum Gasteiger partial charge on any atom is -0.497 e. The minimum atomic E-state index is -0.682. The smallest absolute Gasteiger partial charge is 0.290 e. The molecule has 4 rings (SSSR count). The van der Waals surface area contributed by atoms with E-state index in [4.69, 9.17) is 23.4 Å². The van der Waals surface area contributed by atoms with Crippen LogP contribution in [0.25, 0.3) is 11.0 Å². The Morgan fingerprint density at radius 1 is 0.941 bits per heavy atom. The van der Waals surface area contributed by atoms with Crippen LogP contribution in [0, 0.1) is 0 Å². The fraction of sp³-hybridized carbons (Fsp3) is 0.360. The van der Waals surface area contributed by atoms with Crippen LogP contribution in [-0.2, 0) is 0 Å². The summed E-state index contributed by atoms with van der Waals surface area (Å²) >= 11 is 0. The SMILES string of the molecule is COc1ccc2c(=O)c3c(oc2c1)C(=O)N(CCN(C)C)[C@@H]3c1cc(OC)c(OC)c(OC)c1. The number of rotatable bonds is 8. The molecule has 3 aromatic rings. The number of carbonyl (C=O) groups excluding carboxylic acids is 1. The van der Waals surface area contributed by atoms with Gasteiger partial charge < -0.3 is 33.2 Å². The van der Waals surface area contributed by atoms with Crippen LogP contribution >= 0.6 is 0 Å². The summed E-state index contributed by atoms with van der Waals surface area (Å²) in [5.74, 6) is 1.50. The molecule has 2 heterocycles. The lowest BCUT2D eigenvalue weighted by Crippen LogP contribution is -2.35. The summed E-state index contributed by atoms with van der Waals surface area (Å²) in [6.07, 6.45) is 0. The van der Waals surface area contributed by atoms with Crippen LogP contribution in [0.1, 0.15) is 27.7 Å². The summed E-state index contributed by atoms with van der Waals surface area (Å²) in [4.78, 5) is 30.8. The van der Waals surface area contributed by atoms with E-state index in [1.54, 1.807) is 35.2 Å². The second-order valence-electron chi connectivity index (χ2n) is 8.20. The molecule has 1 amide bonds. The summed E-state index contributed by atoms with van der Waals surface area (Å²) in [6, 6.07) is 7.80. The van der Waals surface area contributed by atoms with Gasteiger partial charge in [-0.05, 0) is 43.9 Å². The third-order valence-electron chi connectivity index (χ3n) is 5.97. The molecule has 1 aliphatic rings. The quantitative estimate of drug-likeness (QED) is 0.499. The predicted molar refractivity (Wildman–Crippen MR) is 127 cm³/mol. The maximum Gasteiger partial charge on any atom is 0.290 e. The zero-order valence-corrected chi connectivity index (χ0v) is 20.1. The zero-order valence-electron chi connectivity index (χ0n) is 20.1. The van der Waals surface area contributed by atoms with Gasteiger partial charge >= 0.3 is 0 Å². The van der Waals surface area contributed by atoms with Gasteiger partial charge in [-0.1, -0.05) is 0 Å². The predicted octanol–water partition coefficient (Wildman–Crippen LogP) is 2.93. The van der Waals surface area contributed by atoms with E-state index in [9.17, 15) is 9.59 Å². The molecule has 9 heteroatoms. The van der Waals surface area contributed by atoms with E-state index in [0.29, 0.717) is 52.6 Å². The maximum absolute atomic E-state index is 13.7. The first-order valence-electron chi connectivity index (χ1n) is 10.7. The number of methoxy groups -OCH3 is 4. The largest absolute Gasteiger partial charge is 0.497 e. The minimum absolute atomic E-state index is 0.0308. The molecule has 0 N–H and O–H groups in total. The lowest BCUT2D eigenvalue weighted by molar-refractivity contribution is 0.0716. The van der Waals surface area contributed by atoms with Gasteiger partial charge in [0, 0.05) is 19.2 Å². The van der Waals surface area contributed by atoms with Crippen molar-refractivity contribution in [3.63, 3.8) is 0 Å². The molecule has 0 unspecified atom stereocenters. The highest BCUT2D eigenvalue weighted by Gasteiger charge is 2.43. The van der Waals surface area contributed by atoms with Crippen LogP contribution in [0.3, 0.4) is 0 Å². The van der Waals surface area contributed by atoms with Crippen molar-refractivity contribution in [2.75, 3.05) is 55.6 Å². The molecule has 0 saturated carbocycles. The molecular weight excluding hydrogens is 440 g/mol. The van der Waals surface area contributed by atoms with Gasteiger partial charge in [0.05, 0.1) is 45.4 Å². The Kier molecular flexibility index (Phi) is 6.39. The number of benzene rings is 2. The van der Waals surface area contributed by atoms with Crippen LogP contribution in [-0.4, -0.2) is 71.3 Å². The van der Waals surface area contributed by atoms with Crippen LogP contribution in [0.5, 0.6) is 23.0 Å². The van der Waals surface area contributed by atoms with Crippen molar-refractivity contribution < 1.29 is 28.2 Å². The summed E-state index contributed by atoms with van der Waals surface area (Å²) in [5, 5.41) is 0.374. The van der Waals surface area contributed by atoms with Gasteiger partial charge in [-0.2, -0.15) is 0 Å². The molecule has 1 aliphatic heterocycles. The topological polar surface area (TPSA) is 90.7 Å². The lowest BCUT2D eigenvalue weighted by atomic mass is 9.97.